The molecule has 0 heterocycles. The predicted octanol–water partition coefficient (Wildman–Crippen LogP) is 4.66. The van der Waals surface area contributed by atoms with Crippen molar-refractivity contribution in [1.82, 2.24) is 10.2 Å². The smallest absolute Gasteiger partial charge is 0.244 e. The van der Waals surface area contributed by atoms with Crippen molar-refractivity contribution in [2.45, 2.75) is 32.4 Å². The maximum atomic E-state index is 14.0. The third kappa shape index (κ3) is 8.59. The number of rotatable bonds is 12. The molecule has 0 saturated carbocycles. The van der Waals surface area contributed by atoms with Gasteiger partial charge in [-0.3, -0.25) is 13.9 Å². The van der Waals surface area contributed by atoms with Crippen LogP contribution in [0.5, 0.6) is 0 Å². The second kappa shape index (κ2) is 13.7. The van der Waals surface area contributed by atoms with Crippen molar-refractivity contribution in [2.24, 2.45) is 0 Å². The first-order valence-corrected chi connectivity index (χ1v) is 14.9. The van der Waals surface area contributed by atoms with Crippen molar-refractivity contribution in [3.05, 3.63) is 100 Å². The lowest BCUT2D eigenvalue weighted by molar-refractivity contribution is -0.140. The predicted molar refractivity (Wildman–Crippen MR) is 150 cm³/mol. The van der Waals surface area contributed by atoms with Crippen LogP contribution in [0, 0.1) is 11.6 Å². The largest absolute Gasteiger partial charge is 0.354 e. The monoisotopic (exact) mass is 621 g/mol. The Morgan fingerprint density at radius 3 is 2.26 bits per heavy atom. The number of anilines is 1. The minimum absolute atomic E-state index is 0.00466. The van der Waals surface area contributed by atoms with Crippen LogP contribution in [-0.2, 0) is 32.6 Å². The van der Waals surface area contributed by atoms with E-state index >= 15 is 0 Å². The van der Waals surface area contributed by atoms with Gasteiger partial charge in [0.05, 0.1) is 11.9 Å². The Morgan fingerprint density at radius 1 is 0.949 bits per heavy atom. The van der Waals surface area contributed by atoms with E-state index in [0.29, 0.717) is 22.8 Å². The molecule has 0 aliphatic rings. The summed E-state index contributed by atoms with van der Waals surface area (Å²) in [5.74, 6) is -3.47. The molecular formula is C28H30BrF2N3O4S. The first-order valence-electron chi connectivity index (χ1n) is 12.3. The van der Waals surface area contributed by atoms with Gasteiger partial charge in [-0.15, -0.1) is 0 Å². The van der Waals surface area contributed by atoms with Crippen LogP contribution in [0.25, 0.3) is 0 Å². The van der Waals surface area contributed by atoms with Crippen molar-refractivity contribution < 1.29 is 26.8 Å². The van der Waals surface area contributed by atoms with Gasteiger partial charge >= 0.3 is 0 Å². The molecule has 0 unspecified atom stereocenters. The van der Waals surface area contributed by atoms with Crippen LogP contribution in [0.3, 0.4) is 0 Å². The minimum Gasteiger partial charge on any atom is -0.354 e. The van der Waals surface area contributed by atoms with E-state index in [1.807, 2.05) is 43.3 Å². The molecule has 3 aromatic carbocycles. The molecule has 0 aromatic heterocycles. The molecule has 0 spiro atoms. The molecule has 11 heteroatoms. The lowest BCUT2D eigenvalue weighted by Gasteiger charge is -2.33. The molecule has 7 nitrogen and oxygen atoms in total. The second-order valence-electron chi connectivity index (χ2n) is 9.02. The van der Waals surface area contributed by atoms with Gasteiger partial charge in [0.1, 0.15) is 12.6 Å². The fourth-order valence-electron chi connectivity index (χ4n) is 4.01. The summed E-state index contributed by atoms with van der Waals surface area (Å²) in [6.07, 6.45) is 1.73. The fraction of sp³-hybridized carbons (Fsp3) is 0.286. The number of benzene rings is 3. The summed E-state index contributed by atoms with van der Waals surface area (Å²) >= 11 is 3.42. The Morgan fingerprint density at radius 2 is 1.64 bits per heavy atom. The van der Waals surface area contributed by atoms with Crippen molar-refractivity contribution in [2.75, 3.05) is 23.7 Å². The van der Waals surface area contributed by atoms with Crippen LogP contribution >= 0.6 is 15.9 Å². The molecule has 39 heavy (non-hydrogen) atoms. The van der Waals surface area contributed by atoms with Crippen molar-refractivity contribution in [3.63, 3.8) is 0 Å². The number of halogens is 3. The maximum Gasteiger partial charge on any atom is 0.244 e. The fourth-order valence-corrected chi connectivity index (χ4v) is 5.29. The van der Waals surface area contributed by atoms with E-state index in [0.717, 1.165) is 34.5 Å². The number of nitrogens with one attached hydrogen (secondary N) is 1. The van der Waals surface area contributed by atoms with Crippen LogP contribution in [0.15, 0.2) is 77.3 Å². The minimum atomic E-state index is -4.09. The summed E-state index contributed by atoms with van der Waals surface area (Å²) < 4.78 is 54.4. The van der Waals surface area contributed by atoms with E-state index in [4.69, 9.17) is 0 Å². The summed E-state index contributed by atoms with van der Waals surface area (Å²) in [7, 11) is -4.09. The van der Waals surface area contributed by atoms with Gasteiger partial charge in [0.15, 0.2) is 11.6 Å². The number of nitrogens with zero attached hydrogens (tertiary/aromatic N) is 2. The molecule has 0 aliphatic carbocycles. The van der Waals surface area contributed by atoms with Gasteiger partial charge in [-0.25, -0.2) is 17.2 Å². The van der Waals surface area contributed by atoms with Gasteiger partial charge in [0.25, 0.3) is 0 Å². The summed E-state index contributed by atoms with van der Waals surface area (Å²) in [6, 6.07) is 18.0. The Hall–Kier alpha value is -3.31. The summed E-state index contributed by atoms with van der Waals surface area (Å²) in [4.78, 5) is 28.6. The number of sulfonamides is 1. The SMILES string of the molecule is CCCNC(=O)[C@@H](Cc1ccccc1)N(Cc1cccc(Br)c1)C(=O)CN(c1ccc(F)c(F)c1)S(C)(=O)=O. The third-order valence-electron chi connectivity index (χ3n) is 5.93. The summed E-state index contributed by atoms with van der Waals surface area (Å²) in [6.45, 7) is 1.59. The molecule has 0 saturated heterocycles. The van der Waals surface area contributed by atoms with E-state index in [-0.39, 0.29) is 24.6 Å². The molecule has 3 rings (SSSR count). The average molecular weight is 623 g/mol. The van der Waals surface area contributed by atoms with Gasteiger partial charge in [-0.2, -0.15) is 0 Å². The first-order chi connectivity index (χ1) is 18.5. The molecule has 1 N–H and O–H groups in total. The lowest BCUT2D eigenvalue weighted by atomic mass is 10.0. The quantitative estimate of drug-likeness (QED) is 0.319. The van der Waals surface area contributed by atoms with Crippen LogP contribution in [0.4, 0.5) is 14.5 Å². The zero-order chi connectivity index (χ0) is 28.6. The average Bonchev–Trinajstić information content (AvgIpc) is 2.89. The van der Waals surface area contributed by atoms with Gasteiger partial charge in [-0.1, -0.05) is 65.3 Å². The van der Waals surface area contributed by atoms with Crippen molar-refractivity contribution >= 4 is 43.5 Å². The van der Waals surface area contributed by atoms with E-state index in [1.54, 1.807) is 18.2 Å². The van der Waals surface area contributed by atoms with E-state index in [2.05, 4.69) is 21.2 Å². The van der Waals surface area contributed by atoms with Crippen molar-refractivity contribution in [1.29, 1.82) is 0 Å². The van der Waals surface area contributed by atoms with E-state index in [9.17, 15) is 26.8 Å². The van der Waals surface area contributed by atoms with Crippen LogP contribution in [-0.4, -0.2) is 50.5 Å². The molecule has 0 aliphatic heterocycles. The van der Waals surface area contributed by atoms with Crippen molar-refractivity contribution in [3.8, 4) is 0 Å². The molecule has 208 valence electrons. The third-order valence-corrected chi connectivity index (χ3v) is 7.57. The van der Waals surface area contributed by atoms with Gasteiger partial charge in [-0.05, 0) is 41.8 Å². The Bertz CT molecular complexity index is 1410. The Kier molecular flexibility index (Phi) is 10.6. The zero-order valence-electron chi connectivity index (χ0n) is 21.6. The van der Waals surface area contributed by atoms with Gasteiger partial charge < -0.3 is 10.2 Å². The molecule has 0 bridgehead atoms. The topological polar surface area (TPSA) is 86.8 Å². The maximum absolute atomic E-state index is 14.0. The molecule has 3 aromatic rings. The highest BCUT2D eigenvalue weighted by molar-refractivity contribution is 9.10. The molecule has 1 atom stereocenters. The Labute approximate surface area is 236 Å². The highest BCUT2D eigenvalue weighted by Crippen LogP contribution is 2.23. The number of amides is 2. The molecule has 2 amide bonds. The number of carbonyl (C=O) groups is 2. The van der Waals surface area contributed by atoms with E-state index in [1.165, 1.54) is 4.90 Å². The lowest BCUT2D eigenvalue weighted by Crippen LogP contribution is -2.53. The highest BCUT2D eigenvalue weighted by Gasteiger charge is 2.33. The second-order valence-corrected chi connectivity index (χ2v) is 11.8. The number of hydrogen-bond donors (Lipinski definition) is 1. The molecule has 0 radical (unpaired) electrons. The molecular weight excluding hydrogens is 592 g/mol. The van der Waals surface area contributed by atoms with Crippen LogP contribution in [0.2, 0.25) is 0 Å². The standard InChI is InChI=1S/C28H30BrF2N3O4S/c1-3-14-32-28(36)26(16-20-8-5-4-6-9-20)33(18-21-10-7-11-22(29)15-21)27(35)19-34(39(2,37)38)23-12-13-24(30)25(31)17-23/h4-13,15,17,26H,3,14,16,18-19H2,1-2H3,(H,32,36)/t26-/m1/s1. The van der Waals surface area contributed by atoms with Crippen LogP contribution in [0.1, 0.15) is 24.5 Å². The van der Waals surface area contributed by atoms with E-state index < -0.39 is 40.2 Å². The van der Waals surface area contributed by atoms with Crippen LogP contribution < -0.4 is 9.62 Å². The Balaban J connectivity index is 2.05. The van der Waals surface area contributed by atoms with Gasteiger partial charge in [0, 0.05) is 30.0 Å². The number of hydrogen-bond acceptors (Lipinski definition) is 4. The summed E-state index contributed by atoms with van der Waals surface area (Å²) in [5.41, 5.74) is 1.31. The summed E-state index contributed by atoms with van der Waals surface area (Å²) in [5, 5.41) is 2.85. The normalized spacial score (nSPS) is 12.0. The number of carbonyl (C=O) groups excluding carboxylic acids is 2. The van der Waals surface area contributed by atoms with Gasteiger partial charge in [0.2, 0.25) is 21.8 Å². The highest BCUT2D eigenvalue weighted by atomic mass is 79.9. The first kappa shape index (κ1) is 30.2. The zero-order valence-corrected chi connectivity index (χ0v) is 24.0. The molecule has 0 fully saturated rings.